The van der Waals surface area contributed by atoms with Crippen LogP contribution in [0.15, 0.2) is 12.4 Å². The minimum absolute atomic E-state index is 0.137. The van der Waals surface area contributed by atoms with E-state index in [1.807, 2.05) is 26.2 Å². The molecule has 1 amide bonds. The molecule has 23 heavy (non-hydrogen) atoms. The normalized spacial score (nSPS) is 19.4. The highest BCUT2D eigenvalue weighted by molar-refractivity contribution is 5.79. The second-order valence-electron chi connectivity index (χ2n) is 6.86. The van der Waals surface area contributed by atoms with Gasteiger partial charge in [-0.15, -0.1) is 0 Å². The maximum atomic E-state index is 12.1. The van der Waals surface area contributed by atoms with Crippen LogP contribution in [0.3, 0.4) is 0 Å². The largest absolute Gasteiger partial charge is 0.369 e. The van der Waals surface area contributed by atoms with Crippen LogP contribution in [0.2, 0.25) is 0 Å². The van der Waals surface area contributed by atoms with Gasteiger partial charge in [-0.2, -0.15) is 0 Å². The first kappa shape index (κ1) is 16.0. The van der Waals surface area contributed by atoms with E-state index in [0.29, 0.717) is 0 Å². The first-order valence-electron chi connectivity index (χ1n) is 8.76. The molecule has 6 heteroatoms. The fraction of sp³-hybridized carbons (Fsp3) is 0.706. The highest BCUT2D eigenvalue weighted by atomic mass is 16.1. The van der Waals surface area contributed by atoms with Crippen molar-refractivity contribution >= 4 is 17.5 Å². The fourth-order valence-electron chi connectivity index (χ4n) is 3.36. The highest BCUT2D eigenvalue weighted by Gasteiger charge is 2.25. The Morgan fingerprint density at radius 1 is 1.09 bits per heavy atom. The molecular formula is C17H27N5O. The standard InChI is InChI=1S/C17H27N5O/c1-13(2)20-16(23)14-5-9-21(10-6-14)15-11-18-17(19-12-15)22-7-3-4-8-22/h11-14H,3-10H2,1-2H3,(H,20,23). The minimum Gasteiger partial charge on any atom is -0.369 e. The van der Waals surface area contributed by atoms with Gasteiger partial charge in [0.25, 0.3) is 0 Å². The number of aromatic nitrogens is 2. The molecule has 0 spiro atoms. The van der Waals surface area contributed by atoms with Crippen molar-refractivity contribution in [3.63, 3.8) is 0 Å². The lowest BCUT2D eigenvalue weighted by molar-refractivity contribution is -0.126. The Balaban J connectivity index is 1.54. The Labute approximate surface area is 138 Å². The molecule has 1 aromatic heterocycles. The van der Waals surface area contributed by atoms with Crippen LogP contribution in [0.25, 0.3) is 0 Å². The van der Waals surface area contributed by atoms with E-state index in [9.17, 15) is 4.79 Å². The van der Waals surface area contributed by atoms with Gasteiger partial charge in [0.1, 0.15) is 0 Å². The number of piperidine rings is 1. The van der Waals surface area contributed by atoms with Crippen molar-refractivity contribution in [2.45, 2.75) is 45.6 Å². The quantitative estimate of drug-likeness (QED) is 0.918. The predicted molar refractivity (Wildman–Crippen MR) is 91.7 cm³/mol. The number of rotatable bonds is 4. The molecule has 0 aromatic carbocycles. The maximum absolute atomic E-state index is 12.1. The topological polar surface area (TPSA) is 61.4 Å². The molecule has 1 aromatic rings. The Morgan fingerprint density at radius 2 is 1.70 bits per heavy atom. The number of anilines is 2. The highest BCUT2D eigenvalue weighted by Crippen LogP contribution is 2.24. The molecule has 2 aliphatic heterocycles. The molecule has 2 saturated heterocycles. The second kappa shape index (κ2) is 7.15. The summed E-state index contributed by atoms with van der Waals surface area (Å²) in [4.78, 5) is 25.7. The molecule has 6 nitrogen and oxygen atoms in total. The summed E-state index contributed by atoms with van der Waals surface area (Å²) in [6.45, 7) is 7.93. The molecule has 126 valence electrons. The van der Waals surface area contributed by atoms with E-state index >= 15 is 0 Å². The summed E-state index contributed by atoms with van der Waals surface area (Å²) in [6, 6.07) is 0.215. The van der Waals surface area contributed by atoms with Crippen LogP contribution in [-0.2, 0) is 4.79 Å². The fourth-order valence-corrected chi connectivity index (χ4v) is 3.36. The van der Waals surface area contributed by atoms with Crippen molar-refractivity contribution < 1.29 is 4.79 Å². The average Bonchev–Trinajstić information content (AvgIpc) is 3.09. The zero-order valence-electron chi connectivity index (χ0n) is 14.2. The number of hydrogen-bond donors (Lipinski definition) is 1. The van der Waals surface area contributed by atoms with Crippen molar-refractivity contribution in [3.8, 4) is 0 Å². The molecule has 1 N–H and O–H groups in total. The smallest absolute Gasteiger partial charge is 0.225 e. The maximum Gasteiger partial charge on any atom is 0.225 e. The molecule has 0 atom stereocenters. The molecule has 0 saturated carbocycles. The van der Waals surface area contributed by atoms with Gasteiger partial charge in [0, 0.05) is 38.1 Å². The van der Waals surface area contributed by atoms with Gasteiger partial charge in [0.05, 0.1) is 18.1 Å². The number of nitrogens with zero attached hydrogens (tertiary/aromatic N) is 4. The molecule has 0 bridgehead atoms. The molecule has 2 aliphatic rings. The number of hydrogen-bond acceptors (Lipinski definition) is 5. The minimum atomic E-state index is 0.137. The van der Waals surface area contributed by atoms with Crippen LogP contribution >= 0.6 is 0 Å². The summed E-state index contributed by atoms with van der Waals surface area (Å²) in [5, 5.41) is 3.02. The molecule has 3 rings (SSSR count). The molecule has 0 radical (unpaired) electrons. The van der Waals surface area contributed by atoms with Gasteiger partial charge >= 0.3 is 0 Å². The van der Waals surface area contributed by atoms with Gasteiger partial charge in [-0.3, -0.25) is 4.79 Å². The van der Waals surface area contributed by atoms with E-state index in [2.05, 4.69) is 25.1 Å². The van der Waals surface area contributed by atoms with Crippen LogP contribution in [0, 0.1) is 5.92 Å². The SMILES string of the molecule is CC(C)NC(=O)C1CCN(c2cnc(N3CCCC3)nc2)CC1. The first-order valence-corrected chi connectivity index (χ1v) is 8.76. The average molecular weight is 317 g/mol. The third kappa shape index (κ3) is 3.92. The third-order valence-electron chi connectivity index (χ3n) is 4.68. The number of amides is 1. The summed E-state index contributed by atoms with van der Waals surface area (Å²) < 4.78 is 0. The lowest BCUT2D eigenvalue weighted by Gasteiger charge is -2.33. The van der Waals surface area contributed by atoms with Crippen molar-refractivity contribution in [2.24, 2.45) is 5.92 Å². The Bertz CT molecular complexity index is 516. The summed E-state index contributed by atoms with van der Waals surface area (Å²) in [6.07, 6.45) is 8.11. The zero-order valence-corrected chi connectivity index (χ0v) is 14.2. The Morgan fingerprint density at radius 3 is 2.26 bits per heavy atom. The van der Waals surface area contributed by atoms with Crippen molar-refractivity contribution in [1.29, 1.82) is 0 Å². The van der Waals surface area contributed by atoms with E-state index in [1.165, 1.54) is 12.8 Å². The monoisotopic (exact) mass is 317 g/mol. The van der Waals surface area contributed by atoms with E-state index < -0.39 is 0 Å². The molecule has 0 unspecified atom stereocenters. The molecular weight excluding hydrogens is 290 g/mol. The number of carbonyl (C=O) groups is 1. The van der Waals surface area contributed by atoms with Crippen LogP contribution in [0.1, 0.15) is 39.5 Å². The zero-order chi connectivity index (χ0) is 16.2. The van der Waals surface area contributed by atoms with Crippen LogP contribution < -0.4 is 15.1 Å². The molecule has 3 heterocycles. The Kier molecular flexibility index (Phi) is 4.98. The van der Waals surface area contributed by atoms with Crippen molar-refractivity contribution in [3.05, 3.63) is 12.4 Å². The van der Waals surface area contributed by atoms with Crippen molar-refractivity contribution in [1.82, 2.24) is 15.3 Å². The third-order valence-corrected chi connectivity index (χ3v) is 4.68. The van der Waals surface area contributed by atoms with Gasteiger partial charge in [-0.1, -0.05) is 0 Å². The summed E-state index contributed by atoms with van der Waals surface area (Å²) in [7, 11) is 0. The van der Waals surface area contributed by atoms with Crippen LogP contribution in [0.4, 0.5) is 11.6 Å². The lowest BCUT2D eigenvalue weighted by atomic mass is 9.95. The second-order valence-corrected chi connectivity index (χ2v) is 6.86. The molecule has 2 fully saturated rings. The van der Waals surface area contributed by atoms with E-state index in [-0.39, 0.29) is 17.9 Å². The van der Waals surface area contributed by atoms with Gasteiger partial charge in [0.2, 0.25) is 11.9 Å². The van der Waals surface area contributed by atoms with Crippen LogP contribution in [-0.4, -0.2) is 48.1 Å². The van der Waals surface area contributed by atoms with Gasteiger partial charge in [-0.25, -0.2) is 9.97 Å². The summed E-state index contributed by atoms with van der Waals surface area (Å²) >= 11 is 0. The van der Waals surface area contributed by atoms with Crippen LogP contribution in [0.5, 0.6) is 0 Å². The first-order chi connectivity index (χ1) is 11.1. The van der Waals surface area contributed by atoms with Gasteiger partial charge < -0.3 is 15.1 Å². The van der Waals surface area contributed by atoms with E-state index in [1.54, 1.807) is 0 Å². The summed E-state index contributed by atoms with van der Waals surface area (Å²) in [5.41, 5.74) is 1.07. The molecule has 0 aliphatic carbocycles. The Hall–Kier alpha value is -1.85. The van der Waals surface area contributed by atoms with Gasteiger partial charge in [0.15, 0.2) is 0 Å². The van der Waals surface area contributed by atoms with E-state index in [0.717, 1.165) is 50.7 Å². The number of carbonyl (C=O) groups excluding carboxylic acids is 1. The van der Waals surface area contributed by atoms with Crippen molar-refractivity contribution in [2.75, 3.05) is 36.0 Å². The lowest BCUT2D eigenvalue weighted by Crippen LogP contribution is -2.42. The van der Waals surface area contributed by atoms with Gasteiger partial charge in [-0.05, 0) is 39.5 Å². The van der Waals surface area contributed by atoms with E-state index in [4.69, 9.17) is 0 Å². The summed E-state index contributed by atoms with van der Waals surface area (Å²) in [5.74, 6) is 1.18. The predicted octanol–water partition coefficient (Wildman–Crippen LogP) is 1.82. The number of nitrogens with one attached hydrogen (secondary N) is 1.